The van der Waals surface area contributed by atoms with Crippen molar-refractivity contribution in [1.29, 1.82) is 0 Å². The first kappa shape index (κ1) is 18.4. The number of nitrogens with zero attached hydrogens (tertiary/aromatic N) is 2. The van der Waals surface area contributed by atoms with Crippen LogP contribution in [0.4, 0.5) is 15.5 Å². The van der Waals surface area contributed by atoms with E-state index in [1.165, 1.54) is 0 Å². The average molecular weight is 344 g/mol. The van der Waals surface area contributed by atoms with Gasteiger partial charge in [0.05, 0.1) is 12.0 Å². The molecular formula is C12H16N4O6S. The smallest absolute Gasteiger partial charge is 0.413 e. The molecular weight excluding hydrogens is 328 g/mol. The number of aliphatic carboxylic acids is 1. The van der Waals surface area contributed by atoms with Crippen molar-refractivity contribution in [2.24, 2.45) is 4.99 Å². The van der Waals surface area contributed by atoms with Crippen molar-refractivity contribution in [3.05, 3.63) is 21.1 Å². The quantitative estimate of drug-likeness (QED) is 0.309. The van der Waals surface area contributed by atoms with E-state index < -0.39 is 23.5 Å². The summed E-state index contributed by atoms with van der Waals surface area (Å²) in [7, 11) is 1.12. The maximum Gasteiger partial charge on any atom is 0.413 e. The largest absolute Gasteiger partial charge is 0.480 e. The lowest BCUT2D eigenvalue weighted by molar-refractivity contribution is -0.379. The molecule has 3 N–H and O–H groups in total. The zero-order chi connectivity index (χ0) is 17.4. The molecule has 0 aliphatic heterocycles. The van der Waals surface area contributed by atoms with E-state index in [2.05, 4.69) is 20.4 Å². The Bertz CT molecular complexity index is 627. The molecule has 0 atom stereocenters. The fraction of sp³-hybridized carbons (Fsp3) is 0.417. The zero-order valence-corrected chi connectivity index (χ0v) is 13.3. The number of thiophene rings is 1. The van der Waals surface area contributed by atoms with Gasteiger partial charge in [0, 0.05) is 4.88 Å². The average Bonchev–Trinajstić information content (AvgIpc) is 2.87. The number of carboxylic acids is 1. The zero-order valence-electron chi connectivity index (χ0n) is 12.5. The Labute approximate surface area is 135 Å². The number of carboxylic acid groups (broad SMARTS) is 1. The Hall–Kier alpha value is -2.69. The van der Waals surface area contributed by atoms with Gasteiger partial charge in [0.25, 0.3) is 0 Å². The van der Waals surface area contributed by atoms with Gasteiger partial charge >= 0.3 is 17.1 Å². The van der Waals surface area contributed by atoms with Crippen molar-refractivity contribution >= 4 is 40.0 Å². The molecule has 1 heterocycles. The predicted octanol–water partition coefficient (Wildman–Crippen LogP) is 1.82. The van der Waals surface area contributed by atoms with Crippen LogP contribution in [0.25, 0.3) is 0 Å². The van der Waals surface area contributed by atoms with E-state index in [4.69, 9.17) is 5.11 Å². The monoisotopic (exact) mass is 344 g/mol. The highest BCUT2D eigenvalue weighted by molar-refractivity contribution is 7.16. The number of ether oxygens (including phenoxy) is 1. The second-order valence-electron chi connectivity index (χ2n) is 4.24. The summed E-state index contributed by atoms with van der Waals surface area (Å²) in [4.78, 5) is 36.8. The fourth-order valence-electron chi connectivity index (χ4n) is 1.56. The van der Waals surface area contributed by atoms with Crippen LogP contribution in [0, 0.1) is 10.1 Å². The summed E-state index contributed by atoms with van der Waals surface area (Å²) < 4.78 is 4.40. The molecule has 126 valence electrons. The van der Waals surface area contributed by atoms with Gasteiger partial charge in [0.15, 0.2) is 0 Å². The van der Waals surface area contributed by atoms with Crippen molar-refractivity contribution < 1.29 is 24.4 Å². The number of carbonyl (C=O) groups is 2. The SMILES string of the molecule is CCCc1cc(NC(=NCC(=O)O)NC(=O)OC)c([N+](=O)[O-])s1. The van der Waals surface area contributed by atoms with Crippen molar-refractivity contribution in [3.8, 4) is 0 Å². The Morgan fingerprint density at radius 3 is 2.74 bits per heavy atom. The van der Waals surface area contributed by atoms with Crippen LogP contribution in [0.2, 0.25) is 0 Å². The minimum atomic E-state index is -1.22. The number of alkyl carbamates (subject to hydrolysis) is 1. The molecule has 0 aliphatic carbocycles. The van der Waals surface area contributed by atoms with E-state index in [1.807, 2.05) is 6.92 Å². The van der Waals surface area contributed by atoms with Gasteiger partial charge in [-0.05, 0) is 12.5 Å². The first-order valence-electron chi connectivity index (χ1n) is 6.52. The predicted molar refractivity (Wildman–Crippen MR) is 84.1 cm³/mol. The molecule has 10 nitrogen and oxygen atoms in total. The maximum atomic E-state index is 11.3. The number of aryl methyl sites for hydroxylation is 1. The van der Waals surface area contributed by atoms with Gasteiger partial charge in [-0.15, -0.1) is 0 Å². The third-order valence-electron chi connectivity index (χ3n) is 2.46. The van der Waals surface area contributed by atoms with E-state index in [0.29, 0.717) is 6.42 Å². The number of hydrogen-bond donors (Lipinski definition) is 3. The van der Waals surface area contributed by atoms with Crippen LogP contribution in [0.1, 0.15) is 18.2 Å². The van der Waals surface area contributed by atoms with Crippen LogP contribution in [0.3, 0.4) is 0 Å². The number of aliphatic imine (C=N–C) groups is 1. The first-order valence-corrected chi connectivity index (χ1v) is 7.34. The van der Waals surface area contributed by atoms with Gasteiger partial charge in [0.1, 0.15) is 12.2 Å². The van der Waals surface area contributed by atoms with E-state index in [-0.39, 0.29) is 16.6 Å². The summed E-state index contributed by atoms with van der Waals surface area (Å²) in [5.74, 6) is -1.47. The topological polar surface area (TPSA) is 143 Å². The minimum absolute atomic E-state index is 0.129. The molecule has 0 fully saturated rings. The van der Waals surface area contributed by atoms with Crippen LogP contribution in [-0.2, 0) is 16.0 Å². The highest BCUT2D eigenvalue weighted by Crippen LogP contribution is 2.35. The number of anilines is 1. The van der Waals surface area contributed by atoms with Crippen LogP contribution in [0.15, 0.2) is 11.1 Å². The summed E-state index contributed by atoms with van der Waals surface area (Å²) in [5, 5.41) is 24.3. The third-order valence-corrected chi connectivity index (χ3v) is 3.60. The van der Waals surface area contributed by atoms with Crippen LogP contribution >= 0.6 is 11.3 Å². The van der Waals surface area contributed by atoms with E-state index in [9.17, 15) is 19.7 Å². The second kappa shape index (κ2) is 8.68. The van der Waals surface area contributed by atoms with Gasteiger partial charge in [-0.1, -0.05) is 24.7 Å². The van der Waals surface area contributed by atoms with E-state index in [1.54, 1.807) is 6.07 Å². The second-order valence-corrected chi connectivity index (χ2v) is 5.35. The normalized spacial score (nSPS) is 11.0. The van der Waals surface area contributed by atoms with Crippen molar-refractivity contribution in [2.75, 3.05) is 19.0 Å². The fourth-order valence-corrected chi connectivity index (χ4v) is 2.58. The van der Waals surface area contributed by atoms with Gasteiger partial charge in [0.2, 0.25) is 5.96 Å². The maximum absolute atomic E-state index is 11.3. The van der Waals surface area contributed by atoms with Crippen molar-refractivity contribution in [3.63, 3.8) is 0 Å². The molecule has 1 amide bonds. The molecule has 11 heteroatoms. The molecule has 0 saturated carbocycles. The van der Waals surface area contributed by atoms with Gasteiger partial charge in [-0.25, -0.2) is 9.79 Å². The van der Waals surface area contributed by atoms with E-state index >= 15 is 0 Å². The molecule has 0 spiro atoms. The summed E-state index contributed by atoms with van der Waals surface area (Å²) in [6, 6.07) is 1.57. The Balaban J connectivity index is 3.05. The molecule has 0 saturated heterocycles. The summed E-state index contributed by atoms with van der Waals surface area (Å²) in [6.07, 6.45) is 0.602. The minimum Gasteiger partial charge on any atom is -0.480 e. The van der Waals surface area contributed by atoms with Crippen molar-refractivity contribution in [2.45, 2.75) is 19.8 Å². The molecule has 0 unspecified atom stereocenters. The highest BCUT2D eigenvalue weighted by Gasteiger charge is 2.21. The number of rotatable bonds is 6. The van der Waals surface area contributed by atoms with Crippen LogP contribution < -0.4 is 10.6 Å². The third kappa shape index (κ3) is 5.90. The van der Waals surface area contributed by atoms with Crippen LogP contribution in [0.5, 0.6) is 0 Å². The molecule has 1 rings (SSSR count). The summed E-state index contributed by atoms with van der Waals surface area (Å²) >= 11 is 1.01. The molecule has 0 radical (unpaired) electrons. The molecule has 0 bridgehead atoms. The number of nitro groups is 1. The lowest BCUT2D eigenvalue weighted by Crippen LogP contribution is -2.36. The first-order chi connectivity index (χ1) is 10.9. The highest BCUT2D eigenvalue weighted by atomic mass is 32.1. The Kier molecular flexibility index (Phi) is 6.93. The Morgan fingerprint density at radius 1 is 1.52 bits per heavy atom. The number of methoxy groups -OCH3 is 1. The molecule has 23 heavy (non-hydrogen) atoms. The standard InChI is InChI=1S/C12H16N4O6S/c1-3-4-7-5-8(10(23-7)16(20)21)14-11(13-6-9(17)18)15-12(19)22-2/h5H,3-4,6H2,1-2H3,(H,17,18)(H2,13,14,15,19). The lowest BCUT2D eigenvalue weighted by Gasteiger charge is -2.08. The molecule has 0 aliphatic rings. The molecule has 1 aromatic heterocycles. The molecule has 1 aromatic rings. The molecule has 0 aromatic carbocycles. The lowest BCUT2D eigenvalue weighted by atomic mass is 10.3. The number of carbonyl (C=O) groups excluding carboxylic acids is 1. The number of amides is 1. The number of guanidine groups is 1. The number of hydrogen-bond acceptors (Lipinski definition) is 7. The van der Waals surface area contributed by atoms with Gasteiger partial charge in [-0.2, -0.15) is 0 Å². The van der Waals surface area contributed by atoms with E-state index in [0.717, 1.165) is 29.7 Å². The van der Waals surface area contributed by atoms with Gasteiger partial charge < -0.3 is 15.2 Å². The van der Waals surface area contributed by atoms with Crippen molar-refractivity contribution in [1.82, 2.24) is 5.32 Å². The summed E-state index contributed by atoms with van der Waals surface area (Å²) in [6.45, 7) is 1.32. The van der Waals surface area contributed by atoms with Crippen LogP contribution in [-0.4, -0.2) is 41.7 Å². The number of nitrogens with one attached hydrogen (secondary N) is 2. The van der Waals surface area contributed by atoms with Gasteiger partial charge in [-0.3, -0.25) is 20.2 Å². The summed E-state index contributed by atoms with van der Waals surface area (Å²) in [5.41, 5.74) is 0.129. The Morgan fingerprint density at radius 2 is 2.22 bits per heavy atom.